The van der Waals surface area contributed by atoms with E-state index in [0.29, 0.717) is 12.8 Å². The predicted molar refractivity (Wildman–Crippen MR) is 365 cm³/mol. The molecule has 1 aliphatic rings. The second-order valence-electron chi connectivity index (χ2n) is 23.5. The van der Waals surface area contributed by atoms with Crippen LogP contribution < -0.4 is 5.32 Å². The molecule has 0 saturated carbocycles. The number of aliphatic hydroxyl groups excluding tert-OH is 5. The highest BCUT2D eigenvalue weighted by molar-refractivity contribution is 5.80. The quantitative estimate of drug-likeness (QED) is 0.0195. The molecule has 11 nitrogen and oxygen atoms in total. The molecule has 0 aromatic heterocycles. The normalized spacial score (nSPS) is 19.1. The van der Waals surface area contributed by atoms with Gasteiger partial charge in [0.25, 0.3) is 0 Å². The topological polar surface area (TPSA) is 175 Å². The Hall–Kier alpha value is -4.20. The van der Waals surface area contributed by atoms with Gasteiger partial charge in [0.05, 0.1) is 25.4 Å². The zero-order valence-electron chi connectivity index (χ0n) is 55.1. The molecule has 11 heteroatoms. The van der Waals surface area contributed by atoms with Crippen molar-refractivity contribution in [3.8, 4) is 0 Å². The molecular formula is C76H127NO10. The molecule has 1 heterocycles. The lowest BCUT2D eigenvalue weighted by molar-refractivity contribution is -0.305. The average Bonchev–Trinajstić information content (AvgIpc) is 2.93. The number of hydrogen-bond acceptors (Lipinski definition) is 10. The standard InChI is InChI=1S/C76H127NO10/c1-4-7-10-13-16-19-22-24-26-28-30-32-33-34-35-36-37-38-40-42-44-46-49-52-55-58-61-64-71(81)87-74-73(83)72(82)70(65-78)86-76(74)85-66-67(68(79)62-59-56-53-50-47-21-18-15-12-9-6-3)77-75(84)69(80)63-60-57-54-51-48-45-43-41-39-31-29-27-25-23-20-17-14-11-8-5-2/h7,10,16-17,19-20,24-27,30-32,34-35,37-39,43,45,59,62,67-70,72-74,76,78-80,82-83H,4-6,8-9,11-15,18,21-23,28-29,33,36,40-42,44,46-58,60-61,63-66H2,1-3H3,(H,77,84)/b10-7-,19-16-,20-17-,26-24-,27-25-,32-30-,35-34-,38-37-,39-31-,45-43-,62-59+. The van der Waals surface area contributed by atoms with Crippen LogP contribution in [0, 0.1) is 0 Å². The van der Waals surface area contributed by atoms with Crippen LogP contribution in [0.15, 0.2) is 134 Å². The first-order valence-corrected chi connectivity index (χ1v) is 35.0. The summed E-state index contributed by atoms with van der Waals surface area (Å²) in [6, 6.07) is -1.05. The van der Waals surface area contributed by atoms with Crippen molar-refractivity contribution < 1.29 is 49.3 Å². The van der Waals surface area contributed by atoms with E-state index in [2.05, 4.69) is 148 Å². The van der Waals surface area contributed by atoms with Gasteiger partial charge < -0.3 is 45.1 Å². The predicted octanol–water partition coefficient (Wildman–Crippen LogP) is 18.0. The minimum absolute atomic E-state index is 0.103. The first-order chi connectivity index (χ1) is 42.7. The Bertz CT molecular complexity index is 1930. The summed E-state index contributed by atoms with van der Waals surface area (Å²) >= 11 is 0. The van der Waals surface area contributed by atoms with Gasteiger partial charge in [-0.15, -0.1) is 0 Å². The molecule has 0 aromatic carbocycles. The molecule has 1 saturated heterocycles. The fraction of sp³-hybridized carbons (Fsp3) is 0.684. The van der Waals surface area contributed by atoms with Crippen LogP contribution in [0.3, 0.4) is 0 Å². The van der Waals surface area contributed by atoms with Gasteiger partial charge in [0, 0.05) is 6.42 Å². The zero-order valence-corrected chi connectivity index (χ0v) is 55.1. The number of rotatable bonds is 58. The molecule has 1 amide bonds. The molecule has 0 radical (unpaired) electrons. The van der Waals surface area contributed by atoms with Crippen molar-refractivity contribution in [3.05, 3.63) is 134 Å². The molecule has 8 unspecified atom stereocenters. The van der Waals surface area contributed by atoms with E-state index in [4.69, 9.17) is 14.2 Å². The molecule has 6 N–H and O–H groups in total. The maximum atomic E-state index is 13.5. The molecule has 1 rings (SSSR count). The molecule has 87 heavy (non-hydrogen) atoms. The van der Waals surface area contributed by atoms with E-state index in [0.717, 1.165) is 141 Å². The van der Waals surface area contributed by atoms with Crippen LogP contribution in [0.2, 0.25) is 0 Å². The molecule has 0 bridgehead atoms. The number of allylic oxidation sites excluding steroid dienone is 21. The van der Waals surface area contributed by atoms with Crippen molar-refractivity contribution >= 4 is 11.9 Å². The van der Waals surface area contributed by atoms with Gasteiger partial charge in [0.15, 0.2) is 12.4 Å². The SMILES string of the molecule is CC/C=C\C/C=C\C/C=C\C/C=C\C/C=C\C/C=C\CCCCCCCCCCC(=O)OC1C(OCC(NC(=O)C(O)CCCCCC/C=C\C/C=C\C/C=C\C/C=C\CCCCC)C(O)/C=C/CCCCCCCCCCC)OC(CO)C(O)C1O. The Balaban J connectivity index is 2.59. The third kappa shape index (κ3) is 49.3. The van der Waals surface area contributed by atoms with Gasteiger partial charge in [-0.05, 0) is 122 Å². The molecular weight excluding hydrogens is 1090 g/mol. The fourth-order valence-corrected chi connectivity index (χ4v) is 10.0. The van der Waals surface area contributed by atoms with Crippen LogP contribution >= 0.6 is 0 Å². The fourth-order valence-electron chi connectivity index (χ4n) is 10.0. The smallest absolute Gasteiger partial charge is 0.306 e. The molecule has 0 aliphatic carbocycles. The van der Waals surface area contributed by atoms with E-state index in [1.807, 2.05) is 6.08 Å². The van der Waals surface area contributed by atoms with E-state index in [-0.39, 0.29) is 19.4 Å². The van der Waals surface area contributed by atoms with Gasteiger partial charge in [-0.2, -0.15) is 0 Å². The number of esters is 1. The van der Waals surface area contributed by atoms with Crippen LogP contribution in [0.1, 0.15) is 271 Å². The van der Waals surface area contributed by atoms with Gasteiger partial charge in [0.1, 0.15) is 24.4 Å². The van der Waals surface area contributed by atoms with Crippen molar-refractivity contribution in [1.29, 1.82) is 0 Å². The molecule has 8 atom stereocenters. The Kier molecular flexibility index (Phi) is 57.6. The summed E-state index contributed by atoms with van der Waals surface area (Å²) in [4.78, 5) is 26.7. The van der Waals surface area contributed by atoms with Crippen LogP contribution in [-0.4, -0.2) is 99.6 Å². The number of unbranched alkanes of at least 4 members (excludes halogenated alkanes) is 24. The number of carbonyl (C=O) groups excluding carboxylic acids is 2. The first-order valence-electron chi connectivity index (χ1n) is 35.0. The van der Waals surface area contributed by atoms with Crippen LogP contribution in [0.5, 0.6) is 0 Å². The van der Waals surface area contributed by atoms with E-state index in [1.165, 1.54) is 83.5 Å². The minimum atomic E-state index is -1.63. The van der Waals surface area contributed by atoms with Gasteiger partial charge in [0.2, 0.25) is 5.91 Å². The van der Waals surface area contributed by atoms with Crippen molar-refractivity contribution in [2.24, 2.45) is 0 Å². The highest BCUT2D eigenvalue weighted by Crippen LogP contribution is 2.26. The largest absolute Gasteiger partial charge is 0.454 e. The number of amides is 1. The van der Waals surface area contributed by atoms with E-state index < -0.39 is 67.4 Å². The number of aliphatic hydroxyl groups is 5. The van der Waals surface area contributed by atoms with Gasteiger partial charge >= 0.3 is 5.97 Å². The summed E-state index contributed by atoms with van der Waals surface area (Å²) in [5.74, 6) is -1.23. The molecule has 0 spiro atoms. The lowest BCUT2D eigenvalue weighted by atomic mass is 9.99. The van der Waals surface area contributed by atoms with E-state index >= 15 is 0 Å². The maximum absolute atomic E-state index is 13.5. The third-order valence-electron chi connectivity index (χ3n) is 15.5. The average molecular weight is 1210 g/mol. The highest BCUT2D eigenvalue weighted by Gasteiger charge is 2.47. The van der Waals surface area contributed by atoms with Crippen molar-refractivity contribution in [3.63, 3.8) is 0 Å². The van der Waals surface area contributed by atoms with Crippen LogP contribution in [0.4, 0.5) is 0 Å². The zero-order chi connectivity index (χ0) is 63.1. The number of ether oxygens (including phenoxy) is 3. The van der Waals surface area contributed by atoms with Crippen molar-refractivity contribution in [2.45, 2.75) is 320 Å². The maximum Gasteiger partial charge on any atom is 0.306 e. The molecule has 1 fully saturated rings. The van der Waals surface area contributed by atoms with Gasteiger partial charge in [-0.1, -0.05) is 276 Å². The Morgan fingerprint density at radius 2 is 0.828 bits per heavy atom. The Labute approximate surface area is 531 Å². The summed E-state index contributed by atoms with van der Waals surface area (Å²) in [5, 5.41) is 57.2. The number of hydrogen-bond donors (Lipinski definition) is 6. The lowest BCUT2D eigenvalue weighted by Gasteiger charge is -2.41. The number of nitrogens with one attached hydrogen (secondary N) is 1. The summed E-state index contributed by atoms with van der Waals surface area (Å²) < 4.78 is 17.7. The Morgan fingerprint density at radius 3 is 1.26 bits per heavy atom. The van der Waals surface area contributed by atoms with Crippen molar-refractivity contribution in [1.82, 2.24) is 5.32 Å². The third-order valence-corrected chi connectivity index (χ3v) is 15.5. The first kappa shape index (κ1) is 80.8. The monoisotopic (exact) mass is 1210 g/mol. The summed E-state index contributed by atoms with van der Waals surface area (Å²) in [6.07, 6.45) is 77.7. The second kappa shape index (κ2) is 62.0. The Morgan fingerprint density at radius 1 is 0.460 bits per heavy atom. The molecule has 1 aliphatic heterocycles. The van der Waals surface area contributed by atoms with Gasteiger partial charge in [-0.25, -0.2) is 0 Å². The minimum Gasteiger partial charge on any atom is -0.454 e. The van der Waals surface area contributed by atoms with Gasteiger partial charge in [-0.3, -0.25) is 9.59 Å². The summed E-state index contributed by atoms with van der Waals surface area (Å²) in [7, 11) is 0. The summed E-state index contributed by atoms with van der Waals surface area (Å²) in [6.45, 7) is 5.63. The molecule has 0 aromatic rings. The van der Waals surface area contributed by atoms with E-state index in [9.17, 15) is 35.1 Å². The highest BCUT2D eigenvalue weighted by atomic mass is 16.7. The molecule has 496 valence electrons. The lowest BCUT2D eigenvalue weighted by Crippen LogP contribution is -2.61. The van der Waals surface area contributed by atoms with Crippen LogP contribution in [0.25, 0.3) is 0 Å². The summed E-state index contributed by atoms with van der Waals surface area (Å²) in [5.41, 5.74) is 0. The van der Waals surface area contributed by atoms with Crippen LogP contribution in [-0.2, 0) is 23.8 Å². The van der Waals surface area contributed by atoms with Crippen molar-refractivity contribution in [2.75, 3.05) is 13.2 Å². The number of carbonyl (C=O) groups is 2. The second-order valence-corrected chi connectivity index (χ2v) is 23.5. The van der Waals surface area contributed by atoms with E-state index in [1.54, 1.807) is 6.08 Å².